The quantitative estimate of drug-likeness (QED) is 0.545. The van der Waals surface area contributed by atoms with Crippen molar-refractivity contribution in [3.8, 4) is 0 Å². The van der Waals surface area contributed by atoms with Crippen LogP contribution in [0.4, 0.5) is 0 Å². The summed E-state index contributed by atoms with van der Waals surface area (Å²) < 4.78 is 10.3. The minimum Gasteiger partial charge on any atom is -0.348 e. The van der Waals surface area contributed by atoms with Gasteiger partial charge in [0.1, 0.15) is 0 Å². The zero-order valence-electron chi connectivity index (χ0n) is 7.19. The summed E-state index contributed by atoms with van der Waals surface area (Å²) in [6.07, 6.45) is 0.239. The van der Waals surface area contributed by atoms with E-state index in [1.807, 2.05) is 0 Å². The molecule has 0 aliphatic carbocycles. The van der Waals surface area contributed by atoms with Crippen LogP contribution in [-0.2, 0) is 19.1 Å². The minimum absolute atomic E-state index is 0.121. The Hall–Kier alpha value is -0.940. The van der Waals surface area contributed by atoms with Crippen molar-refractivity contribution in [1.29, 1.82) is 0 Å². The van der Waals surface area contributed by atoms with Gasteiger partial charge in [0.15, 0.2) is 6.29 Å². The molecule has 5 heteroatoms. The van der Waals surface area contributed by atoms with E-state index in [-0.39, 0.29) is 18.4 Å². The molecule has 0 saturated carbocycles. The lowest BCUT2D eigenvalue weighted by Crippen LogP contribution is -2.36. The van der Waals surface area contributed by atoms with Crippen molar-refractivity contribution in [2.45, 2.75) is 19.1 Å². The van der Waals surface area contributed by atoms with E-state index < -0.39 is 6.29 Å². The number of nitrogens with zero attached hydrogens (tertiary/aromatic N) is 1. The third kappa shape index (κ3) is 1.71. The second kappa shape index (κ2) is 3.43. The van der Waals surface area contributed by atoms with Crippen molar-refractivity contribution in [2.24, 2.45) is 0 Å². The Morgan fingerprint density at radius 3 is 2.23 bits per heavy atom. The zero-order valence-corrected chi connectivity index (χ0v) is 7.19. The van der Waals surface area contributed by atoms with E-state index in [0.29, 0.717) is 26.1 Å². The maximum absolute atomic E-state index is 11.2. The first-order valence-corrected chi connectivity index (χ1v) is 4.34. The fraction of sp³-hybridized carbons (Fsp3) is 0.750. The fourth-order valence-electron chi connectivity index (χ4n) is 1.49. The molecule has 0 aromatic carbocycles. The molecule has 2 amide bonds. The Kier molecular flexibility index (Phi) is 2.28. The molecular formula is C8H11NO4. The molecule has 0 bridgehead atoms. The van der Waals surface area contributed by atoms with Gasteiger partial charge in [-0.15, -0.1) is 0 Å². The lowest BCUT2D eigenvalue weighted by atomic mass is 10.4. The standard InChI is InChI=1S/C8H11NO4/c10-6-1-2-7(11)9(6)5-8-12-3-4-13-8/h8H,1-5H2. The van der Waals surface area contributed by atoms with Gasteiger partial charge in [0.05, 0.1) is 19.8 Å². The average Bonchev–Trinajstić information content (AvgIpc) is 2.70. The van der Waals surface area contributed by atoms with E-state index in [2.05, 4.69) is 0 Å². The first kappa shape index (κ1) is 8.65. The number of carbonyl (C=O) groups is 2. The predicted molar refractivity (Wildman–Crippen MR) is 41.6 cm³/mol. The molecule has 0 unspecified atom stereocenters. The lowest BCUT2D eigenvalue weighted by Gasteiger charge is -2.17. The van der Waals surface area contributed by atoms with Crippen LogP contribution < -0.4 is 0 Å². The number of likely N-dealkylation sites (tertiary alicyclic amines) is 1. The van der Waals surface area contributed by atoms with Crippen LogP contribution in [0.5, 0.6) is 0 Å². The molecule has 0 aromatic heterocycles. The molecular weight excluding hydrogens is 174 g/mol. The molecule has 2 fully saturated rings. The first-order chi connectivity index (χ1) is 6.27. The van der Waals surface area contributed by atoms with Gasteiger partial charge in [0.25, 0.3) is 0 Å². The number of imide groups is 1. The highest BCUT2D eigenvalue weighted by Crippen LogP contribution is 2.14. The Labute approximate surface area is 75.6 Å². The summed E-state index contributed by atoms with van der Waals surface area (Å²) in [4.78, 5) is 23.6. The molecule has 2 heterocycles. The maximum Gasteiger partial charge on any atom is 0.229 e. The summed E-state index contributed by atoms with van der Waals surface area (Å²) in [6, 6.07) is 0. The summed E-state index contributed by atoms with van der Waals surface area (Å²) in [5, 5.41) is 0. The van der Waals surface area contributed by atoms with E-state index in [0.717, 1.165) is 0 Å². The maximum atomic E-state index is 11.2. The van der Waals surface area contributed by atoms with Gasteiger partial charge in [0.2, 0.25) is 11.8 Å². The van der Waals surface area contributed by atoms with Crippen molar-refractivity contribution in [2.75, 3.05) is 19.8 Å². The fourth-order valence-corrected chi connectivity index (χ4v) is 1.49. The van der Waals surface area contributed by atoms with Crippen LogP contribution in [0.25, 0.3) is 0 Å². The van der Waals surface area contributed by atoms with Crippen molar-refractivity contribution < 1.29 is 19.1 Å². The second-order valence-corrected chi connectivity index (χ2v) is 3.07. The Morgan fingerprint density at radius 2 is 1.69 bits per heavy atom. The Balaban J connectivity index is 1.92. The third-order valence-electron chi connectivity index (χ3n) is 2.18. The lowest BCUT2D eigenvalue weighted by molar-refractivity contribution is -0.144. The summed E-state index contributed by atoms with van der Waals surface area (Å²) in [5.41, 5.74) is 0. The topological polar surface area (TPSA) is 55.8 Å². The van der Waals surface area contributed by atoms with Gasteiger partial charge in [0, 0.05) is 12.8 Å². The number of ether oxygens (including phenoxy) is 2. The van der Waals surface area contributed by atoms with E-state index in [4.69, 9.17) is 9.47 Å². The van der Waals surface area contributed by atoms with Crippen LogP contribution in [0.15, 0.2) is 0 Å². The molecule has 2 aliphatic heterocycles. The van der Waals surface area contributed by atoms with Crippen molar-refractivity contribution in [1.82, 2.24) is 4.90 Å². The van der Waals surface area contributed by atoms with Gasteiger partial charge in [-0.25, -0.2) is 0 Å². The number of rotatable bonds is 2. The summed E-state index contributed by atoms with van der Waals surface area (Å²) in [6.45, 7) is 1.33. The minimum atomic E-state index is -0.411. The SMILES string of the molecule is O=C1CCC(=O)N1CC1OCCO1. The van der Waals surface area contributed by atoms with Crippen molar-refractivity contribution >= 4 is 11.8 Å². The largest absolute Gasteiger partial charge is 0.348 e. The molecule has 0 aromatic rings. The molecule has 2 saturated heterocycles. The molecule has 0 N–H and O–H groups in total. The molecule has 0 spiro atoms. The highest BCUT2D eigenvalue weighted by atomic mass is 16.7. The molecule has 0 radical (unpaired) electrons. The van der Waals surface area contributed by atoms with E-state index in [1.165, 1.54) is 4.90 Å². The number of amides is 2. The van der Waals surface area contributed by atoms with E-state index in [9.17, 15) is 9.59 Å². The summed E-state index contributed by atoms with van der Waals surface area (Å²) in [5.74, 6) is -0.242. The summed E-state index contributed by atoms with van der Waals surface area (Å²) in [7, 11) is 0. The smallest absolute Gasteiger partial charge is 0.229 e. The highest BCUT2D eigenvalue weighted by molar-refractivity contribution is 6.01. The summed E-state index contributed by atoms with van der Waals surface area (Å²) >= 11 is 0. The zero-order chi connectivity index (χ0) is 9.26. The van der Waals surface area contributed by atoms with Crippen LogP contribution >= 0.6 is 0 Å². The Morgan fingerprint density at radius 1 is 1.15 bits per heavy atom. The normalized spacial score (nSPS) is 24.8. The third-order valence-corrected chi connectivity index (χ3v) is 2.18. The molecule has 13 heavy (non-hydrogen) atoms. The van der Waals surface area contributed by atoms with Gasteiger partial charge >= 0.3 is 0 Å². The van der Waals surface area contributed by atoms with Crippen molar-refractivity contribution in [3.05, 3.63) is 0 Å². The number of hydrogen-bond acceptors (Lipinski definition) is 4. The van der Waals surface area contributed by atoms with E-state index >= 15 is 0 Å². The molecule has 2 rings (SSSR count). The predicted octanol–water partition coefficient (Wildman–Crippen LogP) is -0.492. The van der Waals surface area contributed by atoms with Crippen molar-refractivity contribution in [3.63, 3.8) is 0 Å². The van der Waals surface area contributed by atoms with Gasteiger partial charge in [-0.3, -0.25) is 14.5 Å². The van der Waals surface area contributed by atoms with Gasteiger partial charge < -0.3 is 9.47 Å². The van der Waals surface area contributed by atoms with Crippen LogP contribution in [0.3, 0.4) is 0 Å². The van der Waals surface area contributed by atoms with Gasteiger partial charge in [-0.2, -0.15) is 0 Å². The number of hydrogen-bond donors (Lipinski definition) is 0. The van der Waals surface area contributed by atoms with Crippen LogP contribution in [0.2, 0.25) is 0 Å². The van der Waals surface area contributed by atoms with Crippen LogP contribution in [0, 0.1) is 0 Å². The molecule has 0 atom stereocenters. The monoisotopic (exact) mass is 185 g/mol. The first-order valence-electron chi connectivity index (χ1n) is 4.34. The molecule has 2 aliphatic rings. The van der Waals surface area contributed by atoms with E-state index in [1.54, 1.807) is 0 Å². The Bertz CT molecular complexity index is 218. The van der Waals surface area contributed by atoms with Crippen LogP contribution in [0.1, 0.15) is 12.8 Å². The van der Waals surface area contributed by atoms with Crippen LogP contribution in [-0.4, -0.2) is 42.8 Å². The highest BCUT2D eigenvalue weighted by Gasteiger charge is 2.32. The van der Waals surface area contributed by atoms with Gasteiger partial charge in [-0.1, -0.05) is 0 Å². The number of carbonyl (C=O) groups excluding carboxylic acids is 2. The van der Waals surface area contributed by atoms with Gasteiger partial charge in [-0.05, 0) is 0 Å². The second-order valence-electron chi connectivity index (χ2n) is 3.07. The average molecular weight is 185 g/mol. The molecule has 5 nitrogen and oxygen atoms in total. The molecule has 72 valence electrons.